The molecule has 1 aromatic rings. The molecule has 0 aliphatic carbocycles. The molecule has 1 rings (SSSR count). The molecule has 4 heteroatoms. The Labute approximate surface area is 109 Å². The lowest BCUT2D eigenvalue weighted by atomic mass is 9.91. The molecule has 0 aromatic carbocycles. The van der Waals surface area contributed by atoms with Crippen LogP contribution < -0.4 is 4.90 Å². The average molecular weight is 252 g/mol. The van der Waals surface area contributed by atoms with Gasteiger partial charge in [-0.05, 0) is 24.6 Å². The van der Waals surface area contributed by atoms with Crippen molar-refractivity contribution in [3.05, 3.63) is 23.4 Å². The van der Waals surface area contributed by atoms with E-state index in [0.29, 0.717) is 6.54 Å². The number of pyridine rings is 1. The molecule has 0 radical (unpaired) electrons. The summed E-state index contributed by atoms with van der Waals surface area (Å²) in [5, 5.41) is 18.4. The predicted octanol–water partition coefficient (Wildman–Crippen LogP) is 1.69. The van der Waals surface area contributed by atoms with Crippen LogP contribution in [0.4, 0.5) is 5.82 Å². The molecule has 1 heterocycles. The zero-order valence-electron chi connectivity index (χ0n) is 11.8. The maximum atomic E-state index is 9.34. The van der Waals surface area contributed by atoms with Crippen molar-refractivity contribution in [3.8, 4) is 0 Å². The Morgan fingerprint density at radius 2 is 1.89 bits per heavy atom. The summed E-state index contributed by atoms with van der Waals surface area (Å²) in [6.07, 6.45) is 0. The standard InChI is InChI=1S/C14H24N2O2/c1-5-16(6-7-17)13-9-11(10-18)8-12(15-13)14(2,3)4/h8-9,17-18H,5-7,10H2,1-4H3. The third kappa shape index (κ3) is 3.68. The van der Waals surface area contributed by atoms with Crippen molar-refractivity contribution in [3.63, 3.8) is 0 Å². The molecule has 0 saturated heterocycles. The number of aliphatic hydroxyl groups is 2. The third-order valence-corrected chi connectivity index (χ3v) is 2.90. The molecule has 0 amide bonds. The van der Waals surface area contributed by atoms with Gasteiger partial charge in [-0.1, -0.05) is 20.8 Å². The summed E-state index contributed by atoms with van der Waals surface area (Å²) in [6, 6.07) is 3.82. The first-order valence-corrected chi connectivity index (χ1v) is 6.40. The molecule has 0 spiro atoms. The minimum Gasteiger partial charge on any atom is -0.395 e. The van der Waals surface area contributed by atoms with E-state index >= 15 is 0 Å². The number of rotatable bonds is 5. The van der Waals surface area contributed by atoms with Gasteiger partial charge in [-0.15, -0.1) is 0 Å². The second-order valence-corrected chi connectivity index (χ2v) is 5.43. The Bertz CT molecular complexity index is 386. The van der Waals surface area contributed by atoms with Crippen molar-refractivity contribution >= 4 is 5.82 Å². The number of likely N-dealkylation sites (N-methyl/N-ethyl adjacent to an activating group) is 1. The molecule has 0 aliphatic rings. The van der Waals surface area contributed by atoms with Gasteiger partial charge in [0, 0.05) is 24.2 Å². The first kappa shape index (κ1) is 14.9. The quantitative estimate of drug-likeness (QED) is 0.837. The van der Waals surface area contributed by atoms with Crippen molar-refractivity contribution in [2.45, 2.75) is 39.7 Å². The fourth-order valence-corrected chi connectivity index (χ4v) is 1.76. The first-order valence-electron chi connectivity index (χ1n) is 6.40. The average Bonchev–Trinajstić information content (AvgIpc) is 2.34. The van der Waals surface area contributed by atoms with E-state index in [1.54, 1.807) is 0 Å². The van der Waals surface area contributed by atoms with E-state index in [9.17, 15) is 5.11 Å². The summed E-state index contributed by atoms with van der Waals surface area (Å²) in [5.41, 5.74) is 1.76. The van der Waals surface area contributed by atoms with Crippen LogP contribution in [0.1, 0.15) is 39.0 Å². The molecule has 0 atom stereocenters. The highest BCUT2D eigenvalue weighted by atomic mass is 16.3. The van der Waals surface area contributed by atoms with Crippen molar-refractivity contribution in [1.82, 2.24) is 4.98 Å². The summed E-state index contributed by atoms with van der Waals surface area (Å²) in [5.74, 6) is 0.822. The first-order chi connectivity index (χ1) is 8.42. The van der Waals surface area contributed by atoms with Crippen LogP contribution in [0.15, 0.2) is 12.1 Å². The lowest BCUT2D eigenvalue weighted by Gasteiger charge is -2.25. The van der Waals surface area contributed by atoms with Crippen LogP contribution in [0.25, 0.3) is 0 Å². The Kier molecular flexibility index (Phi) is 5.11. The van der Waals surface area contributed by atoms with Crippen molar-refractivity contribution in [2.24, 2.45) is 0 Å². The van der Waals surface area contributed by atoms with Crippen LogP contribution in [0.3, 0.4) is 0 Å². The lowest BCUT2D eigenvalue weighted by molar-refractivity contribution is 0.281. The summed E-state index contributed by atoms with van der Waals surface area (Å²) in [4.78, 5) is 6.65. The van der Waals surface area contributed by atoms with Gasteiger partial charge >= 0.3 is 0 Å². The Morgan fingerprint density at radius 3 is 2.33 bits per heavy atom. The van der Waals surface area contributed by atoms with Crippen LogP contribution >= 0.6 is 0 Å². The number of nitrogens with zero attached hydrogens (tertiary/aromatic N) is 2. The minimum absolute atomic E-state index is 0.00921. The number of aliphatic hydroxyl groups excluding tert-OH is 2. The third-order valence-electron chi connectivity index (χ3n) is 2.90. The van der Waals surface area contributed by atoms with Gasteiger partial charge in [-0.25, -0.2) is 4.98 Å². The molecular weight excluding hydrogens is 228 g/mol. The van der Waals surface area contributed by atoms with Crippen LogP contribution in [0.5, 0.6) is 0 Å². The van der Waals surface area contributed by atoms with Crippen LogP contribution in [-0.4, -0.2) is 34.9 Å². The Morgan fingerprint density at radius 1 is 1.22 bits per heavy atom. The van der Waals surface area contributed by atoms with Gasteiger partial charge in [-0.2, -0.15) is 0 Å². The molecule has 0 unspecified atom stereocenters. The highest BCUT2D eigenvalue weighted by molar-refractivity contribution is 5.43. The topological polar surface area (TPSA) is 56.6 Å². The van der Waals surface area contributed by atoms with Gasteiger partial charge in [0.15, 0.2) is 0 Å². The molecule has 102 valence electrons. The highest BCUT2D eigenvalue weighted by Crippen LogP contribution is 2.24. The van der Waals surface area contributed by atoms with E-state index in [0.717, 1.165) is 23.6 Å². The second kappa shape index (κ2) is 6.16. The molecule has 4 nitrogen and oxygen atoms in total. The summed E-state index contributed by atoms with van der Waals surface area (Å²) >= 11 is 0. The second-order valence-electron chi connectivity index (χ2n) is 5.43. The van der Waals surface area contributed by atoms with E-state index in [-0.39, 0.29) is 18.6 Å². The maximum Gasteiger partial charge on any atom is 0.129 e. The zero-order valence-corrected chi connectivity index (χ0v) is 11.8. The van der Waals surface area contributed by atoms with Crippen LogP contribution in [0, 0.1) is 0 Å². The molecule has 0 saturated carbocycles. The number of hydrogen-bond donors (Lipinski definition) is 2. The molecular formula is C14H24N2O2. The molecule has 18 heavy (non-hydrogen) atoms. The predicted molar refractivity (Wildman–Crippen MR) is 73.8 cm³/mol. The molecule has 2 N–H and O–H groups in total. The molecule has 0 aliphatic heterocycles. The van der Waals surface area contributed by atoms with Gasteiger partial charge in [0.1, 0.15) is 5.82 Å². The summed E-state index contributed by atoms with van der Waals surface area (Å²) < 4.78 is 0. The Hall–Kier alpha value is -1.13. The van der Waals surface area contributed by atoms with E-state index < -0.39 is 0 Å². The Balaban J connectivity index is 3.18. The summed E-state index contributed by atoms with van der Waals surface area (Å²) in [6.45, 7) is 9.78. The monoisotopic (exact) mass is 252 g/mol. The number of hydrogen-bond acceptors (Lipinski definition) is 4. The van der Waals surface area contributed by atoms with Crippen LogP contribution in [0.2, 0.25) is 0 Å². The minimum atomic E-state index is -0.0570. The van der Waals surface area contributed by atoms with E-state index in [2.05, 4.69) is 25.8 Å². The van der Waals surface area contributed by atoms with Gasteiger partial charge in [0.25, 0.3) is 0 Å². The number of anilines is 1. The largest absolute Gasteiger partial charge is 0.395 e. The van der Waals surface area contributed by atoms with Crippen molar-refractivity contribution < 1.29 is 10.2 Å². The normalized spacial score (nSPS) is 11.7. The molecule has 1 aromatic heterocycles. The van der Waals surface area contributed by atoms with Gasteiger partial charge < -0.3 is 15.1 Å². The SMILES string of the molecule is CCN(CCO)c1cc(CO)cc(C(C)(C)C)n1. The van der Waals surface area contributed by atoms with Gasteiger partial charge in [0.05, 0.1) is 13.2 Å². The number of aromatic nitrogens is 1. The van der Waals surface area contributed by atoms with Gasteiger partial charge in [0.2, 0.25) is 0 Å². The molecule has 0 bridgehead atoms. The van der Waals surface area contributed by atoms with Crippen molar-refractivity contribution in [1.29, 1.82) is 0 Å². The van der Waals surface area contributed by atoms with Crippen LogP contribution in [-0.2, 0) is 12.0 Å². The fraction of sp³-hybridized carbons (Fsp3) is 0.643. The molecule has 0 fully saturated rings. The van der Waals surface area contributed by atoms with Crippen molar-refractivity contribution in [2.75, 3.05) is 24.6 Å². The van der Waals surface area contributed by atoms with E-state index in [1.165, 1.54) is 0 Å². The zero-order chi connectivity index (χ0) is 13.8. The van der Waals surface area contributed by atoms with E-state index in [4.69, 9.17) is 5.11 Å². The smallest absolute Gasteiger partial charge is 0.129 e. The maximum absolute atomic E-state index is 9.34. The highest BCUT2D eigenvalue weighted by Gasteiger charge is 2.18. The fourth-order valence-electron chi connectivity index (χ4n) is 1.76. The van der Waals surface area contributed by atoms with E-state index in [1.807, 2.05) is 24.0 Å². The summed E-state index contributed by atoms with van der Waals surface area (Å²) in [7, 11) is 0. The lowest BCUT2D eigenvalue weighted by Crippen LogP contribution is -2.28. The van der Waals surface area contributed by atoms with Gasteiger partial charge in [-0.3, -0.25) is 0 Å².